The third-order valence-electron chi connectivity index (χ3n) is 9.78. The number of amides is 2. The normalized spacial score (nSPS) is 18.7. The number of benzene rings is 2. The number of aliphatic hydroxyl groups excluding tert-OH is 1. The zero-order valence-corrected chi connectivity index (χ0v) is 26.8. The van der Waals surface area contributed by atoms with Crippen molar-refractivity contribution in [3.63, 3.8) is 0 Å². The summed E-state index contributed by atoms with van der Waals surface area (Å²) >= 11 is 0. The molecule has 0 radical (unpaired) electrons. The van der Waals surface area contributed by atoms with Gasteiger partial charge in [-0.1, -0.05) is 24.3 Å². The maximum Gasteiger partial charge on any atom is 0.272 e. The fourth-order valence-corrected chi connectivity index (χ4v) is 6.95. The molecule has 0 bridgehead atoms. The van der Waals surface area contributed by atoms with Gasteiger partial charge in [-0.2, -0.15) is 0 Å². The molecule has 47 heavy (non-hydrogen) atoms. The molecule has 4 heterocycles. The van der Waals surface area contributed by atoms with E-state index in [4.69, 9.17) is 5.11 Å². The number of nitrogens with zero attached hydrogens (tertiary/aromatic N) is 4. The Hall–Kier alpha value is -4.15. The van der Waals surface area contributed by atoms with Crippen LogP contribution in [0.25, 0.3) is 0 Å². The van der Waals surface area contributed by atoms with Gasteiger partial charge in [0.15, 0.2) is 12.1 Å². The number of hydrogen-bond acceptors (Lipinski definition) is 7. The van der Waals surface area contributed by atoms with Gasteiger partial charge in [-0.3, -0.25) is 24.3 Å². The first-order chi connectivity index (χ1) is 22.8. The van der Waals surface area contributed by atoms with E-state index in [0.717, 1.165) is 62.3 Å². The zero-order valence-electron chi connectivity index (χ0n) is 26.8. The average molecular weight is 642 g/mol. The number of hydrogen-bond donors (Lipinski definition) is 2. The smallest absolute Gasteiger partial charge is 0.272 e. The number of anilines is 1. The predicted octanol–water partition coefficient (Wildman–Crippen LogP) is 4.64. The van der Waals surface area contributed by atoms with Crippen molar-refractivity contribution in [3.8, 4) is 0 Å². The molecule has 2 N–H and O–H groups in total. The standard InChI is InChI=1S/C37H44FN5O4/c38-34(44)23-26-3-5-27(6-4-26)25-41-19-15-31(16-20-41)40-36(46)30-9-12-33(39-24-30)37(47)43-21-13-29(14-22-43)35(45)28-7-10-32(11-8-28)42-17-1-2-18-42/h3-12,24,29,31,34,44H,1-2,13-23,25H2,(H,40,46). The van der Waals surface area contributed by atoms with Crippen LogP contribution < -0.4 is 10.2 Å². The lowest BCUT2D eigenvalue weighted by atomic mass is 9.88. The van der Waals surface area contributed by atoms with E-state index in [1.54, 1.807) is 17.0 Å². The highest BCUT2D eigenvalue weighted by Gasteiger charge is 2.29. The number of nitrogens with one attached hydrogen (secondary N) is 1. The van der Waals surface area contributed by atoms with Crippen molar-refractivity contribution >= 4 is 23.3 Å². The number of Topliss-reactive ketones (excluding diaryl/α,β-unsaturated/α-hetero) is 1. The van der Waals surface area contributed by atoms with Crippen molar-refractivity contribution in [1.29, 1.82) is 0 Å². The number of carbonyl (C=O) groups excluding carboxylic acids is 3. The van der Waals surface area contributed by atoms with Gasteiger partial charge in [0.2, 0.25) is 0 Å². The molecular weight excluding hydrogens is 597 g/mol. The van der Waals surface area contributed by atoms with Gasteiger partial charge in [-0.25, -0.2) is 4.39 Å². The van der Waals surface area contributed by atoms with Crippen molar-refractivity contribution in [2.75, 3.05) is 44.2 Å². The topological polar surface area (TPSA) is 106 Å². The Morgan fingerprint density at radius 2 is 1.45 bits per heavy atom. The van der Waals surface area contributed by atoms with Crippen LogP contribution in [0.1, 0.15) is 80.9 Å². The highest BCUT2D eigenvalue weighted by Crippen LogP contribution is 2.26. The van der Waals surface area contributed by atoms with Crippen LogP contribution in [0, 0.1) is 5.92 Å². The number of carbonyl (C=O) groups is 3. The number of piperidine rings is 2. The molecule has 3 aromatic rings. The second kappa shape index (κ2) is 15.2. The molecule has 1 atom stereocenters. The third-order valence-corrected chi connectivity index (χ3v) is 9.78. The second-order valence-corrected chi connectivity index (χ2v) is 13.1. The Labute approximate surface area is 275 Å². The summed E-state index contributed by atoms with van der Waals surface area (Å²) in [6.07, 6.45) is 4.94. The molecule has 1 aromatic heterocycles. The molecule has 9 nitrogen and oxygen atoms in total. The quantitative estimate of drug-likeness (QED) is 0.311. The van der Waals surface area contributed by atoms with Crippen LogP contribution in [0.4, 0.5) is 10.1 Å². The Morgan fingerprint density at radius 3 is 2.06 bits per heavy atom. The maximum atomic E-state index is 13.2. The maximum absolute atomic E-state index is 13.2. The number of ketones is 1. The van der Waals surface area contributed by atoms with Gasteiger partial charge < -0.3 is 20.2 Å². The van der Waals surface area contributed by atoms with E-state index >= 15 is 0 Å². The molecule has 3 saturated heterocycles. The van der Waals surface area contributed by atoms with Crippen molar-refractivity contribution in [3.05, 3.63) is 94.8 Å². The Morgan fingerprint density at radius 1 is 0.809 bits per heavy atom. The molecule has 0 saturated carbocycles. The van der Waals surface area contributed by atoms with Gasteiger partial charge in [-0.05, 0) is 86.1 Å². The number of aromatic nitrogens is 1. The van der Waals surface area contributed by atoms with Crippen LogP contribution in [0.3, 0.4) is 0 Å². The van der Waals surface area contributed by atoms with Gasteiger partial charge in [0, 0.05) is 81.6 Å². The predicted molar refractivity (Wildman–Crippen MR) is 178 cm³/mol. The number of rotatable bonds is 10. The summed E-state index contributed by atoms with van der Waals surface area (Å²) in [6.45, 7) is 5.60. The summed E-state index contributed by atoms with van der Waals surface area (Å²) in [7, 11) is 0. The first kappa shape index (κ1) is 32.8. The first-order valence-electron chi connectivity index (χ1n) is 16.9. The molecule has 3 aliphatic heterocycles. The molecular formula is C37H44FN5O4. The molecule has 2 aromatic carbocycles. The highest BCUT2D eigenvalue weighted by atomic mass is 19.1. The Kier molecular flexibility index (Phi) is 10.6. The van der Waals surface area contributed by atoms with E-state index < -0.39 is 6.36 Å². The van der Waals surface area contributed by atoms with E-state index in [1.165, 1.54) is 24.7 Å². The number of aliphatic hydroxyl groups is 1. The van der Waals surface area contributed by atoms with Crippen LogP contribution in [0.15, 0.2) is 66.9 Å². The monoisotopic (exact) mass is 641 g/mol. The van der Waals surface area contributed by atoms with E-state index in [2.05, 4.69) is 20.1 Å². The van der Waals surface area contributed by atoms with Gasteiger partial charge in [0.25, 0.3) is 11.8 Å². The summed E-state index contributed by atoms with van der Waals surface area (Å²) in [5, 5.41) is 12.0. The lowest BCUT2D eigenvalue weighted by Gasteiger charge is -2.32. The minimum atomic E-state index is -1.84. The van der Waals surface area contributed by atoms with E-state index in [0.29, 0.717) is 37.2 Å². The largest absolute Gasteiger partial charge is 0.372 e. The Balaban J connectivity index is 0.926. The van der Waals surface area contributed by atoms with Crippen LogP contribution >= 0.6 is 0 Å². The number of halogens is 1. The molecule has 3 aliphatic rings. The summed E-state index contributed by atoms with van der Waals surface area (Å²) in [4.78, 5) is 50.0. The van der Waals surface area contributed by atoms with Gasteiger partial charge in [0.1, 0.15) is 5.69 Å². The van der Waals surface area contributed by atoms with Crippen LogP contribution in [-0.4, -0.2) is 89.2 Å². The number of likely N-dealkylation sites (tertiary alicyclic amines) is 2. The minimum Gasteiger partial charge on any atom is -0.372 e. The number of alkyl halides is 1. The van der Waals surface area contributed by atoms with Crippen LogP contribution in [0.5, 0.6) is 0 Å². The molecule has 1 unspecified atom stereocenters. The lowest BCUT2D eigenvalue weighted by Crippen LogP contribution is -2.44. The van der Waals surface area contributed by atoms with Crippen molar-refractivity contribution in [1.82, 2.24) is 20.1 Å². The highest BCUT2D eigenvalue weighted by molar-refractivity contribution is 5.99. The van der Waals surface area contributed by atoms with Gasteiger partial charge >= 0.3 is 0 Å². The van der Waals surface area contributed by atoms with Crippen molar-refractivity contribution in [2.24, 2.45) is 5.92 Å². The fourth-order valence-electron chi connectivity index (χ4n) is 6.95. The van der Waals surface area contributed by atoms with Crippen molar-refractivity contribution < 1.29 is 23.9 Å². The lowest BCUT2D eigenvalue weighted by molar-refractivity contribution is 0.0429. The fraction of sp³-hybridized carbons (Fsp3) is 0.459. The zero-order chi connectivity index (χ0) is 32.8. The molecule has 2 amide bonds. The molecule has 0 spiro atoms. The van der Waals surface area contributed by atoms with Gasteiger partial charge in [0.05, 0.1) is 5.56 Å². The van der Waals surface area contributed by atoms with Crippen LogP contribution in [-0.2, 0) is 13.0 Å². The van der Waals surface area contributed by atoms with Gasteiger partial charge in [-0.15, -0.1) is 0 Å². The molecule has 0 aliphatic carbocycles. The van der Waals surface area contributed by atoms with E-state index in [9.17, 15) is 18.8 Å². The van der Waals surface area contributed by atoms with E-state index in [-0.39, 0.29) is 36.0 Å². The molecule has 10 heteroatoms. The Bertz CT molecular complexity index is 1510. The molecule has 6 rings (SSSR count). The number of pyridine rings is 1. The summed E-state index contributed by atoms with van der Waals surface area (Å²) in [5.41, 5.74) is 4.52. The minimum absolute atomic E-state index is 0.00267. The SMILES string of the molecule is O=C(NC1CCN(Cc2ccc(CC(O)F)cc2)CC1)c1ccc(C(=O)N2CCC(C(=O)c3ccc(N4CCCC4)cc3)CC2)nc1. The third kappa shape index (κ3) is 8.42. The van der Waals surface area contributed by atoms with Crippen molar-refractivity contribution in [2.45, 2.75) is 63.9 Å². The summed E-state index contributed by atoms with van der Waals surface area (Å²) in [6, 6.07) is 18.9. The van der Waals surface area contributed by atoms with E-state index in [1.807, 2.05) is 48.5 Å². The second-order valence-electron chi connectivity index (χ2n) is 13.1. The summed E-state index contributed by atoms with van der Waals surface area (Å²) in [5.74, 6) is -0.334. The summed E-state index contributed by atoms with van der Waals surface area (Å²) < 4.78 is 12.8. The van der Waals surface area contributed by atoms with Crippen LogP contribution in [0.2, 0.25) is 0 Å². The first-order valence-corrected chi connectivity index (χ1v) is 16.9. The molecule has 248 valence electrons. The molecule has 3 fully saturated rings. The average Bonchev–Trinajstić information content (AvgIpc) is 3.65.